The van der Waals surface area contributed by atoms with E-state index in [1.165, 1.54) is 0 Å². The topological polar surface area (TPSA) is 91.0 Å². The predicted octanol–water partition coefficient (Wildman–Crippen LogP) is 4.47. The van der Waals surface area contributed by atoms with E-state index >= 15 is 0 Å². The Morgan fingerprint density at radius 2 is 1.81 bits per heavy atom. The third-order valence-electron chi connectivity index (χ3n) is 6.20. The first-order chi connectivity index (χ1) is 17.5. The molecular weight excluding hydrogens is 450 g/mol. The quantitative estimate of drug-likeness (QED) is 0.277. The molecule has 1 aliphatic carbocycles. The summed E-state index contributed by atoms with van der Waals surface area (Å²) in [5, 5.41) is 17.2. The molecule has 1 N–H and O–H groups in total. The average Bonchev–Trinajstić information content (AvgIpc) is 3.42. The van der Waals surface area contributed by atoms with Crippen molar-refractivity contribution < 1.29 is 9.59 Å². The van der Waals surface area contributed by atoms with E-state index in [9.17, 15) is 14.9 Å². The van der Waals surface area contributed by atoms with Crippen molar-refractivity contribution in [2.24, 2.45) is 5.92 Å². The standard InChI is InChI=1S/C29H25N5O2/c1-33(2)18-19-9-8-11-21(15-19)31-29(36)25(17-30)28(35)26-24-16-20-10-6-7-14-23(20)27(24)34(32-26)22-12-4-3-5-13-22/h3-15,25H,16,18H2,1-2H3,(H,31,36). The summed E-state index contributed by atoms with van der Waals surface area (Å²) < 4.78 is 1.74. The number of nitrogens with one attached hydrogen (secondary N) is 1. The molecule has 5 rings (SSSR count). The molecule has 1 aromatic heterocycles. The summed E-state index contributed by atoms with van der Waals surface area (Å²) in [5.41, 5.74) is 6.17. The van der Waals surface area contributed by atoms with Gasteiger partial charge in [0.25, 0.3) is 0 Å². The minimum atomic E-state index is -1.52. The molecule has 0 spiro atoms. The van der Waals surface area contributed by atoms with Crippen LogP contribution in [-0.2, 0) is 17.8 Å². The first kappa shape index (κ1) is 23.2. The molecule has 4 aromatic rings. The summed E-state index contributed by atoms with van der Waals surface area (Å²) in [6.45, 7) is 0.702. The highest BCUT2D eigenvalue weighted by Crippen LogP contribution is 2.40. The molecular formula is C29H25N5O2. The van der Waals surface area contributed by atoms with Crippen LogP contribution in [0.4, 0.5) is 5.69 Å². The number of para-hydroxylation sites is 1. The molecule has 0 bridgehead atoms. The SMILES string of the molecule is CN(C)Cc1cccc(NC(=O)C(C#N)C(=O)c2nn(-c3ccccc3)c3c2Cc2ccccc2-3)c1. The van der Waals surface area contributed by atoms with Crippen molar-refractivity contribution in [3.8, 4) is 23.0 Å². The molecule has 1 aliphatic rings. The molecule has 1 heterocycles. The first-order valence-corrected chi connectivity index (χ1v) is 11.7. The Balaban J connectivity index is 1.49. The van der Waals surface area contributed by atoms with Gasteiger partial charge in [-0.2, -0.15) is 10.4 Å². The highest BCUT2D eigenvalue weighted by molar-refractivity contribution is 6.16. The van der Waals surface area contributed by atoms with Gasteiger partial charge in [-0.05, 0) is 49.5 Å². The van der Waals surface area contributed by atoms with Gasteiger partial charge in [-0.25, -0.2) is 4.68 Å². The van der Waals surface area contributed by atoms with Gasteiger partial charge in [-0.1, -0.05) is 54.6 Å². The number of Topliss-reactive ketones (excluding diaryl/α,β-unsaturated/α-hetero) is 1. The molecule has 1 amide bonds. The van der Waals surface area contributed by atoms with Crippen molar-refractivity contribution in [1.29, 1.82) is 5.26 Å². The van der Waals surface area contributed by atoms with E-state index in [0.717, 1.165) is 33.6 Å². The van der Waals surface area contributed by atoms with E-state index in [-0.39, 0.29) is 5.69 Å². The smallest absolute Gasteiger partial charge is 0.249 e. The molecule has 178 valence electrons. The Bertz CT molecular complexity index is 1500. The fourth-order valence-electron chi connectivity index (χ4n) is 4.64. The van der Waals surface area contributed by atoms with Gasteiger partial charge in [-0.15, -0.1) is 0 Å². The van der Waals surface area contributed by atoms with Gasteiger partial charge in [0.1, 0.15) is 5.69 Å². The Labute approximate surface area is 209 Å². The fourth-order valence-corrected chi connectivity index (χ4v) is 4.64. The second kappa shape index (κ2) is 9.61. The first-order valence-electron chi connectivity index (χ1n) is 11.7. The number of aromatic nitrogens is 2. The van der Waals surface area contributed by atoms with E-state index in [0.29, 0.717) is 18.7 Å². The van der Waals surface area contributed by atoms with Crippen LogP contribution in [0.5, 0.6) is 0 Å². The maximum atomic E-state index is 13.6. The third kappa shape index (κ3) is 4.30. The van der Waals surface area contributed by atoms with E-state index in [2.05, 4.69) is 10.4 Å². The van der Waals surface area contributed by atoms with Crippen LogP contribution in [0.25, 0.3) is 16.9 Å². The number of fused-ring (bicyclic) bond motifs is 3. The van der Waals surface area contributed by atoms with Crippen LogP contribution >= 0.6 is 0 Å². The monoisotopic (exact) mass is 475 g/mol. The van der Waals surface area contributed by atoms with Crippen LogP contribution in [0.2, 0.25) is 0 Å². The van der Waals surface area contributed by atoms with E-state index < -0.39 is 17.6 Å². The number of benzene rings is 3. The Hall–Kier alpha value is -4.54. The van der Waals surface area contributed by atoms with Gasteiger partial charge < -0.3 is 10.2 Å². The number of rotatable bonds is 7. The lowest BCUT2D eigenvalue weighted by molar-refractivity contribution is -0.117. The van der Waals surface area contributed by atoms with Crippen molar-refractivity contribution >= 4 is 17.4 Å². The van der Waals surface area contributed by atoms with Crippen LogP contribution in [0.3, 0.4) is 0 Å². The fraction of sp³-hybridized carbons (Fsp3) is 0.172. The van der Waals surface area contributed by atoms with Crippen molar-refractivity contribution in [3.63, 3.8) is 0 Å². The molecule has 0 radical (unpaired) electrons. The lowest BCUT2D eigenvalue weighted by atomic mass is 9.98. The summed E-state index contributed by atoms with van der Waals surface area (Å²) in [6, 6.07) is 26.8. The number of anilines is 1. The second-order valence-electron chi connectivity index (χ2n) is 9.11. The van der Waals surface area contributed by atoms with E-state index in [1.807, 2.05) is 97.9 Å². The van der Waals surface area contributed by atoms with Gasteiger partial charge >= 0.3 is 0 Å². The minimum Gasteiger partial charge on any atom is -0.325 e. The Morgan fingerprint density at radius 3 is 2.56 bits per heavy atom. The molecule has 0 saturated heterocycles. The molecule has 3 aromatic carbocycles. The van der Waals surface area contributed by atoms with E-state index in [1.54, 1.807) is 10.7 Å². The van der Waals surface area contributed by atoms with Crippen molar-refractivity contribution in [2.45, 2.75) is 13.0 Å². The molecule has 1 unspecified atom stereocenters. The Morgan fingerprint density at radius 1 is 1.06 bits per heavy atom. The zero-order chi connectivity index (χ0) is 25.2. The van der Waals surface area contributed by atoms with Gasteiger partial charge in [0.05, 0.1) is 17.5 Å². The summed E-state index contributed by atoms with van der Waals surface area (Å²) in [7, 11) is 3.92. The Kier molecular flexibility index (Phi) is 6.19. The summed E-state index contributed by atoms with van der Waals surface area (Å²) in [4.78, 5) is 28.7. The van der Waals surface area contributed by atoms with Crippen molar-refractivity contribution in [3.05, 3.63) is 101 Å². The molecule has 0 saturated carbocycles. The number of ketones is 1. The average molecular weight is 476 g/mol. The predicted molar refractivity (Wildman–Crippen MR) is 138 cm³/mol. The van der Waals surface area contributed by atoms with E-state index in [4.69, 9.17) is 0 Å². The van der Waals surface area contributed by atoms with Crippen molar-refractivity contribution in [1.82, 2.24) is 14.7 Å². The molecule has 0 aliphatic heterocycles. The number of nitrogens with zero attached hydrogens (tertiary/aromatic N) is 4. The number of hydrogen-bond acceptors (Lipinski definition) is 5. The summed E-state index contributed by atoms with van der Waals surface area (Å²) >= 11 is 0. The zero-order valence-corrected chi connectivity index (χ0v) is 20.1. The van der Waals surface area contributed by atoms with Gasteiger partial charge in [-0.3, -0.25) is 9.59 Å². The highest BCUT2D eigenvalue weighted by atomic mass is 16.2. The third-order valence-corrected chi connectivity index (χ3v) is 6.20. The number of hydrogen-bond donors (Lipinski definition) is 1. The normalized spacial score (nSPS) is 12.5. The van der Waals surface area contributed by atoms with Crippen LogP contribution in [-0.4, -0.2) is 40.5 Å². The summed E-state index contributed by atoms with van der Waals surface area (Å²) in [5.74, 6) is -2.78. The number of nitriles is 1. The highest BCUT2D eigenvalue weighted by Gasteiger charge is 2.36. The zero-order valence-electron chi connectivity index (χ0n) is 20.1. The number of carbonyl (C=O) groups is 2. The maximum absolute atomic E-state index is 13.6. The molecule has 0 fully saturated rings. The van der Waals surface area contributed by atoms with Crippen LogP contribution in [0, 0.1) is 17.2 Å². The summed E-state index contributed by atoms with van der Waals surface area (Å²) in [6.07, 6.45) is 0.520. The van der Waals surface area contributed by atoms with Gasteiger partial charge in [0.15, 0.2) is 5.92 Å². The van der Waals surface area contributed by atoms with Gasteiger partial charge in [0.2, 0.25) is 11.7 Å². The van der Waals surface area contributed by atoms with Crippen LogP contribution < -0.4 is 5.32 Å². The minimum absolute atomic E-state index is 0.160. The van der Waals surface area contributed by atoms with Crippen LogP contribution in [0.1, 0.15) is 27.2 Å². The molecule has 1 atom stereocenters. The number of amides is 1. The maximum Gasteiger partial charge on any atom is 0.249 e. The molecule has 7 nitrogen and oxygen atoms in total. The second-order valence-corrected chi connectivity index (χ2v) is 9.11. The van der Waals surface area contributed by atoms with Crippen LogP contribution in [0.15, 0.2) is 78.9 Å². The molecule has 7 heteroatoms. The molecule has 36 heavy (non-hydrogen) atoms. The largest absolute Gasteiger partial charge is 0.325 e. The van der Waals surface area contributed by atoms with Gasteiger partial charge in [0, 0.05) is 29.8 Å². The van der Waals surface area contributed by atoms with Crippen molar-refractivity contribution in [2.75, 3.05) is 19.4 Å². The lowest BCUT2D eigenvalue weighted by Crippen LogP contribution is -2.29. The lowest BCUT2D eigenvalue weighted by Gasteiger charge is -2.13. The number of carbonyl (C=O) groups excluding carboxylic acids is 2.